The Morgan fingerprint density at radius 2 is 1.59 bits per heavy atom. The summed E-state index contributed by atoms with van der Waals surface area (Å²) >= 11 is 0. The van der Waals surface area contributed by atoms with Crippen LogP contribution in [0.1, 0.15) is 19.3 Å². The first-order valence-electron chi connectivity index (χ1n) is 11.6. The Morgan fingerprint density at radius 3 is 2.29 bits per heavy atom. The monoisotopic (exact) mass is 489 g/mol. The molecule has 0 unspecified atom stereocenters. The van der Waals surface area contributed by atoms with Crippen LogP contribution in [0.2, 0.25) is 0 Å². The number of carbonyl (C=O) groups excluding carboxylic acids is 1. The first-order chi connectivity index (χ1) is 16.4. The van der Waals surface area contributed by atoms with E-state index < -0.39 is 16.1 Å². The molecule has 0 radical (unpaired) electrons. The minimum atomic E-state index is -3.72. The Bertz CT molecular complexity index is 1140. The van der Waals surface area contributed by atoms with Crippen molar-refractivity contribution in [2.45, 2.75) is 30.3 Å². The Hall–Kier alpha value is -2.85. The van der Waals surface area contributed by atoms with E-state index in [1.165, 1.54) is 28.6 Å². The number of amides is 1. The SMILES string of the molecule is O=C([C@@H]1COc2cc(S(=O)(=O)N3CCN(c4ccc(F)cc4)CC3)ccc2O1)N1CCCCC1. The van der Waals surface area contributed by atoms with E-state index in [1.54, 1.807) is 18.2 Å². The summed E-state index contributed by atoms with van der Waals surface area (Å²) in [5.74, 6) is 0.322. The van der Waals surface area contributed by atoms with Gasteiger partial charge in [0.1, 0.15) is 12.4 Å². The summed E-state index contributed by atoms with van der Waals surface area (Å²) in [6.45, 7) is 3.18. The van der Waals surface area contributed by atoms with E-state index in [0.29, 0.717) is 37.7 Å². The molecule has 182 valence electrons. The zero-order valence-corrected chi connectivity index (χ0v) is 19.7. The van der Waals surface area contributed by atoms with Crippen LogP contribution >= 0.6 is 0 Å². The Balaban J connectivity index is 1.24. The maximum atomic E-state index is 13.2. The van der Waals surface area contributed by atoms with E-state index in [4.69, 9.17) is 9.47 Å². The lowest BCUT2D eigenvalue weighted by Gasteiger charge is -2.35. The highest BCUT2D eigenvalue weighted by Crippen LogP contribution is 2.35. The van der Waals surface area contributed by atoms with Crippen molar-refractivity contribution < 1.29 is 27.1 Å². The number of ether oxygens (including phenoxy) is 2. The number of piperidine rings is 1. The number of halogens is 1. The molecule has 0 bridgehead atoms. The van der Waals surface area contributed by atoms with E-state index >= 15 is 0 Å². The fraction of sp³-hybridized carbons (Fsp3) is 0.458. The van der Waals surface area contributed by atoms with Gasteiger partial charge < -0.3 is 19.3 Å². The maximum Gasteiger partial charge on any atom is 0.267 e. The van der Waals surface area contributed by atoms with Crippen molar-refractivity contribution >= 4 is 21.6 Å². The second-order valence-electron chi connectivity index (χ2n) is 8.78. The average Bonchev–Trinajstić information content (AvgIpc) is 2.88. The molecule has 8 nitrogen and oxygen atoms in total. The van der Waals surface area contributed by atoms with Crippen molar-refractivity contribution in [2.24, 2.45) is 0 Å². The number of hydrogen-bond acceptors (Lipinski definition) is 6. The van der Waals surface area contributed by atoms with Crippen LogP contribution in [0, 0.1) is 5.82 Å². The van der Waals surface area contributed by atoms with Gasteiger partial charge in [-0.2, -0.15) is 4.31 Å². The third kappa shape index (κ3) is 4.56. The van der Waals surface area contributed by atoms with Gasteiger partial charge in [0.25, 0.3) is 5.91 Å². The molecule has 0 spiro atoms. The molecule has 0 aromatic heterocycles. The van der Waals surface area contributed by atoms with Crippen molar-refractivity contribution in [1.29, 1.82) is 0 Å². The molecular formula is C24H28FN3O5S. The van der Waals surface area contributed by atoms with E-state index in [2.05, 4.69) is 0 Å². The topological polar surface area (TPSA) is 79.4 Å². The Morgan fingerprint density at radius 1 is 0.882 bits per heavy atom. The zero-order valence-electron chi connectivity index (χ0n) is 18.9. The molecular weight excluding hydrogens is 461 g/mol. The van der Waals surface area contributed by atoms with Gasteiger partial charge in [-0.25, -0.2) is 12.8 Å². The van der Waals surface area contributed by atoms with Crippen LogP contribution in [0.5, 0.6) is 11.5 Å². The van der Waals surface area contributed by atoms with Crippen LogP contribution in [0.4, 0.5) is 10.1 Å². The Labute approximate surface area is 198 Å². The van der Waals surface area contributed by atoms with Gasteiger partial charge in [0.05, 0.1) is 4.90 Å². The minimum Gasteiger partial charge on any atom is -0.485 e. The van der Waals surface area contributed by atoms with Crippen LogP contribution in [0.25, 0.3) is 0 Å². The van der Waals surface area contributed by atoms with Gasteiger partial charge in [-0.3, -0.25) is 4.79 Å². The second-order valence-corrected chi connectivity index (χ2v) is 10.7. The first kappa shape index (κ1) is 22.9. The predicted molar refractivity (Wildman–Crippen MR) is 124 cm³/mol. The predicted octanol–water partition coefficient (Wildman–Crippen LogP) is 2.49. The number of rotatable bonds is 4. The van der Waals surface area contributed by atoms with Gasteiger partial charge >= 0.3 is 0 Å². The number of piperazine rings is 1. The lowest BCUT2D eigenvalue weighted by Crippen LogP contribution is -2.49. The van der Waals surface area contributed by atoms with Gasteiger partial charge in [0.2, 0.25) is 16.1 Å². The Kier molecular flexibility index (Phi) is 6.35. The van der Waals surface area contributed by atoms with Crippen molar-refractivity contribution in [1.82, 2.24) is 9.21 Å². The highest BCUT2D eigenvalue weighted by molar-refractivity contribution is 7.89. The molecule has 3 aliphatic heterocycles. The molecule has 5 rings (SSSR count). The van der Waals surface area contributed by atoms with Crippen LogP contribution in [0.3, 0.4) is 0 Å². The summed E-state index contributed by atoms with van der Waals surface area (Å²) in [4.78, 5) is 16.7. The van der Waals surface area contributed by atoms with Crippen molar-refractivity contribution in [3.63, 3.8) is 0 Å². The molecule has 2 fully saturated rings. The summed E-state index contributed by atoms with van der Waals surface area (Å²) in [7, 11) is -3.72. The van der Waals surface area contributed by atoms with Crippen molar-refractivity contribution in [3.8, 4) is 11.5 Å². The highest BCUT2D eigenvalue weighted by Gasteiger charge is 2.34. The number of likely N-dealkylation sites (tertiary alicyclic amines) is 1. The highest BCUT2D eigenvalue weighted by atomic mass is 32.2. The number of sulfonamides is 1. The third-order valence-electron chi connectivity index (χ3n) is 6.59. The van der Waals surface area contributed by atoms with Gasteiger partial charge in [0.15, 0.2) is 11.5 Å². The standard InChI is InChI=1S/C24H28FN3O5S/c25-18-4-6-19(7-5-18)26-12-14-28(15-13-26)34(30,31)20-8-9-21-22(16-20)32-17-23(33-21)24(29)27-10-2-1-3-11-27/h4-9,16,23H,1-3,10-15,17H2/t23-/m0/s1. The van der Waals surface area contributed by atoms with Crippen LogP contribution < -0.4 is 14.4 Å². The zero-order chi connectivity index (χ0) is 23.7. The number of benzene rings is 2. The third-order valence-corrected chi connectivity index (χ3v) is 8.48. The smallest absolute Gasteiger partial charge is 0.267 e. The minimum absolute atomic E-state index is 0.0577. The normalized spacial score (nSPS) is 21.4. The average molecular weight is 490 g/mol. The fourth-order valence-electron chi connectivity index (χ4n) is 4.64. The number of nitrogens with zero attached hydrogens (tertiary/aromatic N) is 3. The number of fused-ring (bicyclic) bond motifs is 1. The van der Waals surface area contributed by atoms with Gasteiger partial charge in [-0.1, -0.05) is 0 Å². The lowest BCUT2D eigenvalue weighted by atomic mass is 10.1. The first-order valence-corrected chi connectivity index (χ1v) is 13.1. The lowest BCUT2D eigenvalue weighted by molar-refractivity contribution is -0.142. The fourth-order valence-corrected chi connectivity index (χ4v) is 6.08. The molecule has 1 atom stereocenters. The molecule has 2 saturated heterocycles. The molecule has 0 saturated carbocycles. The van der Waals surface area contributed by atoms with Crippen molar-refractivity contribution in [3.05, 3.63) is 48.3 Å². The summed E-state index contributed by atoms with van der Waals surface area (Å²) in [6, 6.07) is 10.7. The van der Waals surface area contributed by atoms with Gasteiger partial charge in [-0.15, -0.1) is 0 Å². The van der Waals surface area contributed by atoms with E-state index in [0.717, 1.165) is 38.0 Å². The molecule has 0 aliphatic carbocycles. The van der Waals surface area contributed by atoms with Crippen LogP contribution in [-0.2, 0) is 14.8 Å². The summed E-state index contributed by atoms with van der Waals surface area (Å²) in [5.41, 5.74) is 0.867. The number of hydrogen-bond donors (Lipinski definition) is 0. The van der Waals surface area contributed by atoms with E-state index in [9.17, 15) is 17.6 Å². The van der Waals surface area contributed by atoms with Crippen molar-refractivity contribution in [2.75, 3.05) is 50.8 Å². The van der Waals surface area contributed by atoms with Gasteiger partial charge in [0, 0.05) is 51.0 Å². The summed E-state index contributed by atoms with van der Waals surface area (Å²) in [5, 5.41) is 0. The number of anilines is 1. The molecule has 3 aliphatic rings. The molecule has 1 amide bonds. The van der Waals surface area contributed by atoms with Gasteiger partial charge in [-0.05, 0) is 55.7 Å². The van der Waals surface area contributed by atoms with Crippen LogP contribution in [-0.4, -0.2) is 75.5 Å². The summed E-state index contributed by atoms with van der Waals surface area (Å²) < 4.78 is 52.7. The van der Waals surface area contributed by atoms with Crippen LogP contribution in [0.15, 0.2) is 47.4 Å². The largest absolute Gasteiger partial charge is 0.485 e. The quantitative estimate of drug-likeness (QED) is 0.657. The maximum absolute atomic E-state index is 13.2. The number of carbonyl (C=O) groups is 1. The second kappa shape index (κ2) is 9.42. The molecule has 3 heterocycles. The molecule has 0 N–H and O–H groups in total. The molecule has 2 aromatic rings. The van der Waals surface area contributed by atoms with E-state index in [1.807, 2.05) is 9.80 Å². The molecule has 2 aromatic carbocycles. The van der Waals surface area contributed by atoms with E-state index in [-0.39, 0.29) is 23.2 Å². The summed E-state index contributed by atoms with van der Waals surface area (Å²) in [6.07, 6.45) is 2.41. The molecule has 10 heteroatoms. The molecule has 34 heavy (non-hydrogen) atoms.